The number of fused-ring (bicyclic) bond motifs is 3. The number of nitrogens with one attached hydrogen (secondary N) is 1. The standard InChI is InChI=1S/C31H27N3O3/c35-28(32-27-14-6-13-26-29(27)31(37)25-12-4-3-11-24(25)30(26)36)20-34-17-15-33(16-18-34)19-22-9-5-8-21-7-1-2-10-23(21)22/h1-14H,15-20H2,(H,32,35). The number of ketones is 2. The van der Waals surface area contributed by atoms with Gasteiger partial charge in [-0.3, -0.25) is 24.2 Å². The fourth-order valence-corrected chi connectivity index (χ4v) is 5.42. The number of rotatable bonds is 5. The molecule has 1 saturated heterocycles. The van der Waals surface area contributed by atoms with Gasteiger partial charge in [-0.1, -0.05) is 78.9 Å². The van der Waals surface area contributed by atoms with E-state index in [0.29, 0.717) is 22.4 Å². The summed E-state index contributed by atoms with van der Waals surface area (Å²) in [6.07, 6.45) is 0. The maximum Gasteiger partial charge on any atom is 0.238 e. The fourth-order valence-electron chi connectivity index (χ4n) is 5.42. The molecule has 0 radical (unpaired) electrons. The number of amides is 1. The molecule has 1 aliphatic carbocycles. The Bertz CT molecular complexity index is 1530. The molecule has 6 heteroatoms. The van der Waals surface area contributed by atoms with E-state index in [1.54, 1.807) is 42.5 Å². The summed E-state index contributed by atoms with van der Waals surface area (Å²) in [4.78, 5) is 43.7. The molecule has 1 heterocycles. The zero-order valence-corrected chi connectivity index (χ0v) is 20.4. The van der Waals surface area contributed by atoms with Crippen LogP contribution < -0.4 is 5.32 Å². The van der Waals surface area contributed by atoms with E-state index in [4.69, 9.17) is 0 Å². The van der Waals surface area contributed by atoms with Gasteiger partial charge in [0.05, 0.1) is 17.8 Å². The smallest absolute Gasteiger partial charge is 0.238 e. The second-order valence-electron chi connectivity index (χ2n) is 9.67. The fraction of sp³-hybridized carbons (Fsp3) is 0.194. The van der Waals surface area contributed by atoms with Crippen LogP contribution in [0.15, 0.2) is 84.9 Å². The van der Waals surface area contributed by atoms with Crippen molar-refractivity contribution in [3.8, 4) is 0 Å². The molecule has 4 aromatic carbocycles. The zero-order valence-electron chi connectivity index (χ0n) is 20.4. The molecule has 1 amide bonds. The van der Waals surface area contributed by atoms with E-state index in [-0.39, 0.29) is 29.6 Å². The highest BCUT2D eigenvalue weighted by molar-refractivity contribution is 6.30. The molecule has 1 fully saturated rings. The Morgan fingerprint density at radius 2 is 1.30 bits per heavy atom. The third-order valence-corrected chi connectivity index (χ3v) is 7.33. The molecule has 6 nitrogen and oxygen atoms in total. The average molecular weight is 490 g/mol. The number of benzene rings is 4. The van der Waals surface area contributed by atoms with Crippen molar-refractivity contribution < 1.29 is 14.4 Å². The van der Waals surface area contributed by atoms with Gasteiger partial charge in [-0.25, -0.2) is 0 Å². The molecule has 0 aromatic heterocycles. The van der Waals surface area contributed by atoms with Crippen LogP contribution in [0.25, 0.3) is 10.8 Å². The number of hydrogen-bond donors (Lipinski definition) is 1. The third-order valence-electron chi connectivity index (χ3n) is 7.33. The van der Waals surface area contributed by atoms with E-state index in [1.165, 1.54) is 16.3 Å². The number of carbonyl (C=O) groups excluding carboxylic acids is 3. The second kappa shape index (κ2) is 9.73. The molecule has 4 aromatic rings. The normalized spacial score (nSPS) is 15.9. The van der Waals surface area contributed by atoms with E-state index in [9.17, 15) is 14.4 Å². The summed E-state index contributed by atoms with van der Waals surface area (Å²) in [7, 11) is 0. The van der Waals surface area contributed by atoms with Gasteiger partial charge in [-0.15, -0.1) is 0 Å². The summed E-state index contributed by atoms with van der Waals surface area (Å²) >= 11 is 0. The molecule has 0 unspecified atom stereocenters. The quantitative estimate of drug-likeness (QED) is 0.397. The number of piperazine rings is 1. The molecular weight excluding hydrogens is 462 g/mol. The van der Waals surface area contributed by atoms with Crippen LogP contribution in [0.4, 0.5) is 5.69 Å². The van der Waals surface area contributed by atoms with Crippen LogP contribution in [0, 0.1) is 0 Å². The minimum Gasteiger partial charge on any atom is -0.324 e. The van der Waals surface area contributed by atoms with E-state index in [1.807, 2.05) is 0 Å². The highest BCUT2D eigenvalue weighted by Gasteiger charge is 2.32. The first-order valence-electron chi connectivity index (χ1n) is 12.6. The van der Waals surface area contributed by atoms with Crippen molar-refractivity contribution in [3.05, 3.63) is 113 Å². The lowest BCUT2D eigenvalue weighted by atomic mass is 9.83. The molecule has 0 bridgehead atoms. The summed E-state index contributed by atoms with van der Waals surface area (Å²) < 4.78 is 0. The van der Waals surface area contributed by atoms with Gasteiger partial charge in [0.15, 0.2) is 11.6 Å². The lowest BCUT2D eigenvalue weighted by Crippen LogP contribution is -2.48. The first-order valence-corrected chi connectivity index (χ1v) is 12.6. The zero-order chi connectivity index (χ0) is 25.4. The molecule has 0 spiro atoms. The molecule has 37 heavy (non-hydrogen) atoms. The Kier molecular flexibility index (Phi) is 6.12. The molecule has 0 saturated carbocycles. The molecule has 6 rings (SSSR count). The molecule has 2 aliphatic rings. The van der Waals surface area contributed by atoms with Gasteiger partial charge >= 0.3 is 0 Å². The van der Waals surface area contributed by atoms with E-state index < -0.39 is 0 Å². The van der Waals surface area contributed by atoms with Gasteiger partial charge in [0.25, 0.3) is 0 Å². The van der Waals surface area contributed by atoms with Gasteiger partial charge in [0, 0.05) is 49.4 Å². The van der Waals surface area contributed by atoms with Crippen LogP contribution in [0.2, 0.25) is 0 Å². The van der Waals surface area contributed by atoms with Gasteiger partial charge < -0.3 is 5.32 Å². The minimum atomic E-state index is -0.233. The number of anilines is 1. The predicted molar refractivity (Wildman–Crippen MR) is 144 cm³/mol. The molecule has 1 aliphatic heterocycles. The Morgan fingerprint density at radius 1 is 0.676 bits per heavy atom. The van der Waals surface area contributed by atoms with Gasteiger partial charge in [-0.2, -0.15) is 0 Å². The molecule has 0 atom stereocenters. The molecule has 1 N–H and O–H groups in total. The van der Waals surface area contributed by atoms with Crippen molar-refractivity contribution in [1.29, 1.82) is 0 Å². The monoisotopic (exact) mass is 489 g/mol. The van der Waals surface area contributed by atoms with Crippen LogP contribution in [0.5, 0.6) is 0 Å². The molecular formula is C31H27N3O3. The summed E-state index contributed by atoms with van der Waals surface area (Å²) in [6, 6.07) is 26.8. The van der Waals surface area contributed by atoms with Crippen molar-refractivity contribution in [2.24, 2.45) is 0 Å². The lowest BCUT2D eigenvalue weighted by Gasteiger charge is -2.34. The van der Waals surface area contributed by atoms with E-state index in [0.717, 1.165) is 32.7 Å². The van der Waals surface area contributed by atoms with Crippen LogP contribution in [-0.4, -0.2) is 60.0 Å². The van der Waals surface area contributed by atoms with Crippen LogP contribution >= 0.6 is 0 Å². The Balaban J connectivity index is 1.09. The highest BCUT2D eigenvalue weighted by Crippen LogP contribution is 2.32. The third kappa shape index (κ3) is 4.46. The van der Waals surface area contributed by atoms with Gasteiger partial charge in [0.1, 0.15) is 0 Å². The first kappa shape index (κ1) is 23.3. The summed E-state index contributed by atoms with van der Waals surface area (Å²) in [5.41, 5.74) is 3.11. The minimum absolute atomic E-state index is 0.185. The van der Waals surface area contributed by atoms with E-state index >= 15 is 0 Å². The van der Waals surface area contributed by atoms with Gasteiger partial charge in [0.2, 0.25) is 5.91 Å². The maximum atomic E-state index is 13.2. The van der Waals surface area contributed by atoms with Crippen molar-refractivity contribution >= 4 is 33.9 Å². The molecule has 184 valence electrons. The number of hydrogen-bond acceptors (Lipinski definition) is 5. The van der Waals surface area contributed by atoms with Crippen LogP contribution in [0.1, 0.15) is 37.4 Å². The summed E-state index contributed by atoms with van der Waals surface area (Å²) in [5, 5.41) is 5.44. The predicted octanol–water partition coefficient (Wildman–Crippen LogP) is 4.37. The SMILES string of the molecule is O=C(CN1CCN(Cc2cccc3ccccc23)CC1)Nc1cccc2c1C(=O)c1ccccc1C2=O. The average Bonchev–Trinajstić information content (AvgIpc) is 2.93. The van der Waals surface area contributed by atoms with Crippen LogP contribution in [0.3, 0.4) is 0 Å². The maximum absolute atomic E-state index is 13.2. The largest absolute Gasteiger partial charge is 0.324 e. The first-order chi connectivity index (χ1) is 18.1. The lowest BCUT2D eigenvalue weighted by molar-refractivity contribution is -0.117. The van der Waals surface area contributed by atoms with Gasteiger partial charge in [-0.05, 0) is 22.4 Å². The summed E-state index contributed by atoms with van der Waals surface area (Å²) in [5.74, 6) is -0.609. The second-order valence-corrected chi connectivity index (χ2v) is 9.67. The summed E-state index contributed by atoms with van der Waals surface area (Å²) in [6.45, 7) is 4.45. The van der Waals surface area contributed by atoms with E-state index in [2.05, 4.69) is 57.6 Å². The number of nitrogens with zero attached hydrogens (tertiary/aromatic N) is 2. The van der Waals surface area contributed by atoms with Crippen molar-refractivity contribution in [3.63, 3.8) is 0 Å². The van der Waals surface area contributed by atoms with Crippen molar-refractivity contribution in [2.75, 3.05) is 38.0 Å². The topological polar surface area (TPSA) is 69.7 Å². The Hall–Kier alpha value is -4.13. The number of carbonyl (C=O) groups is 3. The van der Waals surface area contributed by atoms with Crippen molar-refractivity contribution in [1.82, 2.24) is 9.80 Å². The Morgan fingerprint density at radius 3 is 2.11 bits per heavy atom. The van der Waals surface area contributed by atoms with Crippen molar-refractivity contribution in [2.45, 2.75) is 6.54 Å². The van der Waals surface area contributed by atoms with Crippen LogP contribution in [-0.2, 0) is 11.3 Å². The highest BCUT2D eigenvalue weighted by atomic mass is 16.2. The Labute approximate surface area is 215 Å².